The Bertz CT molecular complexity index is 1460. The van der Waals surface area contributed by atoms with E-state index in [4.69, 9.17) is 4.42 Å². The standard InChI is InChI=1S/C24H21N5O3S/c30-21(25-15-18-9-6-14-32-18)16-33-24-27-26-23-28(13-12-17-7-2-1-3-8-17)22(31)19-10-4-5-11-20(19)29(23)24/h1-11,14H,12-13,15-16H2,(H,25,30). The molecule has 0 aliphatic carbocycles. The first-order valence-corrected chi connectivity index (χ1v) is 11.5. The van der Waals surface area contributed by atoms with Crippen LogP contribution in [0.1, 0.15) is 11.3 Å². The first-order chi connectivity index (χ1) is 16.2. The van der Waals surface area contributed by atoms with Crippen molar-refractivity contribution in [3.63, 3.8) is 0 Å². The summed E-state index contributed by atoms with van der Waals surface area (Å²) in [7, 11) is 0. The predicted molar refractivity (Wildman–Crippen MR) is 126 cm³/mol. The topological polar surface area (TPSA) is 94.4 Å². The number of carbonyl (C=O) groups excluding carboxylic acids is 1. The number of aryl methyl sites for hydroxylation is 2. The molecule has 0 fully saturated rings. The minimum Gasteiger partial charge on any atom is -0.467 e. The average Bonchev–Trinajstić information content (AvgIpc) is 3.52. The van der Waals surface area contributed by atoms with Crippen LogP contribution in [0.4, 0.5) is 0 Å². The molecule has 0 atom stereocenters. The number of rotatable bonds is 8. The maximum absolute atomic E-state index is 13.2. The van der Waals surface area contributed by atoms with Crippen molar-refractivity contribution in [2.45, 2.75) is 24.7 Å². The van der Waals surface area contributed by atoms with Crippen LogP contribution in [-0.4, -0.2) is 30.8 Å². The Morgan fingerprint density at radius 2 is 1.82 bits per heavy atom. The second-order valence-corrected chi connectivity index (χ2v) is 8.41. The fourth-order valence-corrected chi connectivity index (χ4v) is 4.46. The van der Waals surface area contributed by atoms with E-state index in [1.54, 1.807) is 29.0 Å². The third kappa shape index (κ3) is 4.40. The van der Waals surface area contributed by atoms with Crippen LogP contribution in [0.15, 0.2) is 87.4 Å². The van der Waals surface area contributed by atoms with Gasteiger partial charge in [0.1, 0.15) is 5.76 Å². The summed E-state index contributed by atoms with van der Waals surface area (Å²) in [6.45, 7) is 0.804. The lowest BCUT2D eigenvalue weighted by atomic mass is 10.1. The molecule has 1 N–H and O–H groups in total. The third-order valence-corrected chi connectivity index (χ3v) is 6.25. The van der Waals surface area contributed by atoms with Crippen LogP contribution in [0.2, 0.25) is 0 Å². The summed E-state index contributed by atoms with van der Waals surface area (Å²) in [5.41, 5.74) is 1.75. The molecule has 3 aromatic heterocycles. The van der Waals surface area contributed by atoms with Crippen molar-refractivity contribution in [3.05, 3.63) is 94.7 Å². The number of nitrogens with one attached hydrogen (secondary N) is 1. The molecule has 5 aromatic rings. The lowest BCUT2D eigenvalue weighted by Crippen LogP contribution is -2.25. The van der Waals surface area contributed by atoms with Crippen molar-refractivity contribution >= 4 is 34.3 Å². The van der Waals surface area contributed by atoms with Gasteiger partial charge in [-0.1, -0.05) is 54.2 Å². The van der Waals surface area contributed by atoms with Gasteiger partial charge in [-0.15, -0.1) is 10.2 Å². The Hall–Kier alpha value is -3.85. The monoisotopic (exact) mass is 459 g/mol. The maximum Gasteiger partial charge on any atom is 0.262 e. The smallest absolute Gasteiger partial charge is 0.262 e. The Morgan fingerprint density at radius 3 is 2.64 bits per heavy atom. The largest absolute Gasteiger partial charge is 0.467 e. The molecule has 0 radical (unpaired) electrons. The Labute approximate surface area is 193 Å². The van der Waals surface area contributed by atoms with Crippen LogP contribution in [0.5, 0.6) is 0 Å². The summed E-state index contributed by atoms with van der Waals surface area (Å²) in [5.74, 6) is 1.18. The van der Waals surface area contributed by atoms with E-state index in [9.17, 15) is 9.59 Å². The van der Waals surface area contributed by atoms with Gasteiger partial charge in [-0.25, -0.2) is 0 Å². The van der Waals surface area contributed by atoms with E-state index in [2.05, 4.69) is 15.5 Å². The van der Waals surface area contributed by atoms with Crippen molar-refractivity contribution in [1.82, 2.24) is 24.5 Å². The minimum atomic E-state index is -0.144. The number of benzene rings is 2. The van der Waals surface area contributed by atoms with Crippen molar-refractivity contribution in [2.24, 2.45) is 0 Å². The lowest BCUT2D eigenvalue weighted by Gasteiger charge is -2.11. The highest BCUT2D eigenvalue weighted by molar-refractivity contribution is 7.99. The summed E-state index contributed by atoms with van der Waals surface area (Å²) in [6, 6.07) is 21.0. The van der Waals surface area contributed by atoms with Gasteiger partial charge in [0.25, 0.3) is 5.56 Å². The zero-order chi connectivity index (χ0) is 22.6. The normalized spacial score (nSPS) is 11.3. The molecule has 33 heavy (non-hydrogen) atoms. The summed E-state index contributed by atoms with van der Waals surface area (Å²) in [4.78, 5) is 25.6. The number of thioether (sulfide) groups is 1. The molecule has 0 bridgehead atoms. The van der Waals surface area contributed by atoms with E-state index in [1.807, 2.05) is 52.9 Å². The second kappa shape index (κ2) is 9.33. The van der Waals surface area contributed by atoms with Gasteiger partial charge in [-0.2, -0.15) is 0 Å². The van der Waals surface area contributed by atoms with Crippen LogP contribution in [0, 0.1) is 0 Å². The number of furan rings is 1. The summed E-state index contributed by atoms with van der Waals surface area (Å²) in [5, 5.41) is 12.6. The molecule has 0 saturated heterocycles. The molecule has 1 amide bonds. The minimum absolute atomic E-state index is 0.103. The van der Waals surface area contributed by atoms with E-state index < -0.39 is 0 Å². The van der Waals surface area contributed by atoms with E-state index in [0.717, 1.165) is 11.1 Å². The molecule has 0 spiro atoms. The molecule has 0 saturated carbocycles. The van der Waals surface area contributed by atoms with Gasteiger partial charge in [0.2, 0.25) is 11.7 Å². The number of fused-ring (bicyclic) bond motifs is 3. The number of aromatic nitrogens is 4. The molecular formula is C24H21N5O3S. The predicted octanol–water partition coefficient (Wildman–Crippen LogP) is 3.29. The first-order valence-electron chi connectivity index (χ1n) is 10.5. The van der Waals surface area contributed by atoms with Gasteiger partial charge in [0, 0.05) is 6.54 Å². The molecule has 2 aromatic carbocycles. The Morgan fingerprint density at radius 1 is 1.00 bits per heavy atom. The van der Waals surface area contributed by atoms with Gasteiger partial charge in [0.05, 0.1) is 29.5 Å². The fraction of sp³-hybridized carbons (Fsp3) is 0.167. The summed E-state index contributed by atoms with van der Waals surface area (Å²) in [6.07, 6.45) is 2.26. The highest BCUT2D eigenvalue weighted by Gasteiger charge is 2.17. The van der Waals surface area contributed by atoms with E-state index >= 15 is 0 Å². The summed E-state index contributed by atoms with van der Waals surface area (Å²) < 4.78 is 8.75. The zero-order valence-electron chi connectivity index (χ0n) is 17.7. The Balaban J connectivity index is 1.43. The number of carbonyl (C=O) groups is 1. The van der Waals surface area contributed by atoms with Crippen LogP contribution in [0.3, 0.4) is 0 Å². The number of amides is 1. The van der Waals surface area contributed by atoms with Crippen LogP contribution >= 0.6 is 11.8 Å². The van der Waals surface area contributed by atoms with Crippen molar-refractivity contribution < 1.29 is 9.21 Å². The highest BCUT2D eigenvalue weighted by atomic mass is 32.2. The highest BCUT2D eigenvalue weighted by Crippen LogP contribution is 2.21. The van der Waals surface area contributed by atoms with Crippen molar-refractivity contribution in [3.8, 4) is 0 Å². The third-order valence-electron chi connectivity index (χ3n) is 5.32. The molecule has 3 heterocycles. The molecule has 8 nitrogen and oxygen atoms in total. The molecular weight excluding hydrogens is 438 g/mol. The zero-order valence-corrected chi connectivity index (χ0v) is 18.5. The molecule has 0 aliphatic rings. The maximum atomic E-state index is 13.2. The van der Waals surface area contributed by atoms with Crippen LogP contribution in [0.25, 0.3) is 16.7 Å². The van der Waals surface area contributed by atoms with Gasteiger partial charge in [-0.05, 0) is 36.2 Å². The number of hydrogen-bond acceptors (Lipinski definition) is 6. The van der Waals surface area contributed by atoms with Crippen molar-refractivity contribution in [2.75, 3.05) is 5.75 Å². The molecule has 5 rings (SSSR count). The SMILES string of the molecule is O=C(CSc1nnc2n(CCc3ccccc3)c(=O)c3ccccc3n12)NCc1ccco1. The Kier molecular flexibility index (Phi) is 5.95. The first kappa shape index (κ1) is 21.0. The molecule has 0 unspecified atom stereocenters. The average molecular weight is 460 g/mol. The van der Waals surface area contributed by atoms with Crippen LogP contribution in [-0.2, 0) is 24.3 Å². The van der Waals surface area contributed by atoms with Gasteiger partial charge >= 0.3 is 0 Å². The lowest BCUT2D eigenvalue weighted by molar-refractivity contribution is -0.118. The van der Waals surface area contributed by atoms with E-state index in [-0.39, 0.29) is 17.2 Å². The number of nitrogens with zero attached hydrogens (tertiary/aromatic N) is 4. The second-order valence-electron chi connectivity index (χ2n) is 7.47. The van der Waals surface area contributed by atoms with Gasteiger partial charge in [0.15, 0.2) is 5.16 Å². The fourth-order valence-electron chi connectivity index (χ4n) is 3.69. The number of hydrogen-bond donors (Lipinski definition) is 1. The van der Waals surface area contributed by atoms with Gasteiger partial charge in [-0.3, -0.25) is 18.6 Å². The molecule has 0 aliphatic heterocycles. The number of para-hydroxylation sites is 1. The van der Waals surface area contributed by atoms with Gasteiger partial charge < -0.3 is 9.73 Å². The quantitative estimate of drug-likeness (QED) is 0.358. The van der Waals surface area contributed by atoms with Crippen molar-refractivity contribution in [1.29, 1.82) is 0 Å². The van der Waals surface area contributed by atoms with Crippen LogP contribution < -0.4 is 10.9 Å². The summed E-state index contributed by atoms with van der Waals surface area (Å²) >= 11 is 1.28. The van der Waals surface area contributed by atoms with E-state index in [1.165, 1.54) is 11.8 Å². The molecule has 166 valence electrons. The molecule has 9 heteroatoms. The van der Waals surface area contributed by atoms with E-state index in [0.29, 0.717) is 41.6 Å².